The highest BCUT2D eigenvalue weighted by Crippen LogP contribution is 2.37. The van der Waals surface area contributed by atoms with Crippen LogP contribution in [0.3, 0.4) is 0 Å². The number of hydrogen-bond acceptors (Lipinski definition) is 7. The number of likely N-dealkylation sites (tertiary alicyclic amines) is 1. The van der Waals surface area contributed by atoms with Gasteiger partial charge in [-0.15, -0.1) is 11.8 Å². The van der Waals surface area contributed by atoms with Gasteiger partial charge in [-0.1, -0.05) is 6.07 Å². The number of pyridine rings is 1. The molecular weight excluding hydrogens is 446 g/mol. The first-order valence-corrected chi connectivity index (χ1v) is 12.4. The maximum atomic E-state index is 14.3. The third-order valence-corrected chi connectivity index (χ3v) is 8.00. The molecule has 3 unspecified atom stereocenters. The predicted octanol–water partition coefficient (Wildman–Crippen LogP) is 2.47. The Kier molecular flexibility index (Phi) is 6.29. The summed E-state index contributed by atoms with van der Waals surface area (Å²) >= 11 is 1.78. The number of rotatable bonds is 7. The number of hydrazone groups is 1. The van der Waals surface area contributed by atoms with E-state index in [0.717, 1.165) is 49.6 Å². The molecule has 0 bridgehead atoms. The lowest BCUT2D eigenvalue weighted by atomic mass is 10.0. The molecule has 4 heterocycles. The van der Waals surface area contributed by atoms with Gasteiger partial charge < -0.3 is 19.7 Å². The van der Waals surface area contributed by atoms with Crippen LogP contribution in [0.5, 0.6) is 0 Å². The van der Waals surface area contributed by atoms with Crippen molar-refractivity contribution in [2.45, 2.75) is 24.4 Å². The second kappa shape index (κ2) is 9.34. The number of nitrogens with one attached hydrogen (secondary N) is 2. The minimum Gasteiger partial charge on any atom is -0.362 e. The van der Waals surface area contributed by atoms with Crippen LogP contribution in [-0.2, 0) is 0 Å². The molecule has 1 aromatic heterocycles. The summed E-state index contributed by atoms with van der Waals surface area (Å²) in [5.41, 5.74) is 3.94. The molecule has 176 valence electrons. The zero-order valence-electron chi connectivity index (χ0n) is 18.5. The molecule has 7 nitrogen and oxygen atoms in total. The number of H-pyrrole nitrogens is 1. The Hall–Kier alpha value is -2.59. The number of aromatic nitrogens is 1. The van der Waals surface area contributed by atoms with Gasteiger partial charge in [0, 0.05) is 50.6 Å². The molecule has 2 N–H and O–H groups in total. The van der Waals surface area contributed by atoms with Crippen molar-refractivity contribution in [3.63, 3.8) is 0 Å². The fraction of sp³-hybridized carbons (Fsp3) is 0.478. The minimum absolute atomic E-state index is 0.0248. The molecular formula is C23H28F2N6OS. The van der Waals surface area contributed by atoms with Gasteiger partial charge in [0.15, 0.2) is 11.3 Å². The zero-order valence-corrected chi connectivity index (χ0v) is 19.3. The molecule has 2 saturated heterocycles. The monoisotopic (exact) mass is 474 g/mol. The van der Waals surface area contributed by atoms with Gasteiger partial charge in [-0.05, 0) is 49.3 Å². The predicted molar refractivity (Wildman–Crippen MR) is 127 cm³/mol. The van der Waals surface area contributed by atoms with Gasteiger partial charge in [-0.25, -0.2) is 8.78 Å². The average Bonchev–Trinajstić information content (AvgIpc) is 3.46. The van der Waals surface area contributed by atoms with Crippen LogP contribution in [0.15, 0.2) is 46.4 Å². The third kappa shape index (κ3) is 4.46. The van der Waals surface area contributed by atoms with Crippen LogP contribution in [0.1, 0.15) is 18.4 Å². The maximum absolute atomic E-state index is 14.3. The van der Waals surface area contributed by atoms with Gasteiger partial charge in [-0.2, -0.15) is 5.10 Å². The number of fused-ring (bicyclic) bond motifs is 1. The van der Waals surface area contributed by atoms with Crippen LogP contribution >= 0.6 is 11.8 Å². The molecule has 5 rings (SSSR count). The Labute approximate surface area is 195 Å². The van der Waals surface area contributed by atoms with E-state index in [1.165, 1.54) is 18.2 Å². The molecule has 3 aliphatic rings. The SMILES string of the molecule is CN1C(c2cc[nH]c(=O)c2)=NNC1SCCCN1CC2CCN(c3c(F)cccc3F)C2C1. The first-order chi connectivity index (χ1) is 16.0. The number of anilines is 1. The molecule has 3 atom stereocenters. The first kappa shape index (κ1) is 22.2. The number of hydrogen-bond donors (Lipinski definition) is 2. The van der Waals surface area contributed by atoms with Crippen LogP contribution in [0.25, 0.3) is 0 Å². The van der Waals surface area contributed by atoms with Gasteiger partial charge >= 0.3 is 0 Å². The van der Waals surface area contributed by atoms with Crippen molar-refractivity contribution in [3.8, 4) is 0 Å². The van der Waals surface area contributed by atoms with Crippen molar-refractivity contribution < 1.29 is 8.78 Å². The van der Waals surface area contributed by atoms with E-state index in [1.807, 2.05) is 22.9 Å². The van der Waals surface area contributed by atoms with E-state index in [9.17, 15) is 13.6 Å². The summed E-state index contributed by atoms with van der Waals surface area (Å²) in [6, 6.07) is 7.67. The molecule has 0 saturated carbocycles. The minimum atomic E-state index is -0.472. The fourth-order valence-electron chi connectivity index (χ4n) is 5.15. The number of halogens is 2. The molecule has 2 fully saturated rings. The van der Waals surface area contributed by atoms with Gasteiger partial charge in [-0.3, -0.25) is 10.2 Å². The van der Waals surface area contributed by atoms with Crippen LogP contribution in [0, 0.1) is 17.6 Å². The van der Waals surface area contributed by atoms with Crippen molar-refractivity contribution in [2.24, 2.45) is 11.0 Å². The van der Waals surface area contributed by atoms with E-state index in [-0.39, 0.29) is 22.8 Å². The summed E-state index contributed by atoms with van der Waals surface area (Å²) in [4.78, 5) is 20.6. The first-order valence-electron chi connectivity index (χ1n) is 11.3. The van der Waals surface area contributed by atoms with Crippen molar-refractivity contribution in [2.75, 3.05) is 43.9 Å². The quantitative estimate of drug-likeness (QED) is 0.601. The standard InChI is InChI=1S/C23H28F2N6OS/c1-29-22(15-6-8-26-20(32)12-15)27-28-23(29)33-11-3-9-30-13-16-7-10-31(19(16)14-30)21-17(24)4-2-5-18(21)25/h2,4-6,8,12,16,19,23,28H,3,7,9-11,13-14H2,1H3,(H,26,32). The van der Waals surface area contributed by atoms with E-state index in [1.54, 1.807) is 24.0 Å². The van der Waals surface area contributed by atoms with Gasteiger partial charge in [0.1, 0.15) is 17.3 Å². The lowest BCUT2D eigenvalue weighted by molar-refractivity contribution is 0.318. The molecule has 2 aromatic rings. The molecule has 33 heavy (non-hydrogen) atoms. The van der Waals surface area contributed by atoms with Gasteiger partial charge in [0.05, 0.1) is 0 Å². The highest BCUT2D eigenvalue weighted by molar-refractivity contribution is 7.99. The van der Waals surface area contributed by atoms with E-state index < -0.39 is 11.6 Å². The second-order valence-corrected chi connectivity index (χ2v) is 10.0. The van der Waals surface area contributed by atoms with Crippen LogP contribution < -0.4 is 15.9 Å². The van der Waals surface area contributed by atoms with Crippen LogP contribution in [-0.4, -0.2) is 71.1 Å². The number of benzene rings is 1. The van der Waals surface area contributed by atoms with Crippen molar-refractivity contribution in [1.82, 2.24) is 20.2 Å². The van der Waals surface area contributed by atoms with E-state index in [2.05, 4.69) is 20.4 Å². The number of para-hydroxylation sites is 1. The second-order valence-electron chi connectivity index (χ2n) is 8.83. The van der Waals surface area contributed by atoms with E-state index in [4.69, 9.17) is 0 Å². The Morgan fingerprint density at radius 1 is 1.21 bits per heavy atom. The summed E-state index contributed by atoms with van der Waals surface area (Å²) in [7, 11) is 1.97. The summed E-state index contributed by atoms with van der Waals surface area (Å²) < 4.78 is 28.6. The molecule has 0 aliphatic carbocycles. The maximum Gasteiger partial charge on any atom is 0.248 e. The molecule has 10 heteroatoms. The molecule has 3 aliphatic heterocycles. The van der Waals surface area contributed by atoms with Crippen molar-refractivity contribution in [3.05, 3.63) is 64.1 Å². The highest BCUT2D eigenvalue weighted by Gasteiger charge is 2.42. The molecule has 0 radical (unpaired) electrons. The summed E-state index contributed by atoms with van der Waals surface area (Å²) in [5, 5.41) is 4.40. The third-order valence-electron chi connectivity index (χ3n) is 6.74. The zero-order chi connectivity index (χ0) is 22.9. The van der Waals surface area contributed by atoms with Gasteiger partial charge in [0.25, 0.3) is 0 Å². The molecule has 0 spiro atoms. The topological polar surface area (TPSA) is 67.0 Å². The largest absolute Gasteiger partial charge is 0.362 e. The summed E-state index contributed by atoms with van der Waals surface area (Å²) in [6.45, 7) is 3.51. The normalized spacial score (nSPS) is 24.8. The van der Waals surface area contributed by atoms with Crippen molar-refractivity contribution >= 4 is 23.3 Å². The number of aromatic amines is 1. The van der Waals surface area contributed by atoms with E-state index in [0.29, 0.717) is 12.5 Å². The number of amidine groups is 1. The lowest BCUT2D eigenvalue weighted by Gasteiger charge is -2.27. The number of nitrogens with zero attached hydrogens (tertiary/aromatic N) is 4. The molecule has 0 amide bonds. The summed E-state index contributed by atoms with van der Waals surface area (Å²) in [6.07, 6.45) is 3.62. The fourth-order valence-corrected chi connectivity index (χ4v) is 6.12. The van der Waals surface area contributed by atoms with Crippen LogP contribution in [0.4, 0.5) is 14.5 Å². The lowest BCUT2D eigenvalue weighted by Crippen LogP contribution is -2.37. The van der Waals surface area contributed by atoms with Crippen molar-refractivity contribution in [1.29, 1.82) is 0 Å². The van der Waals surface area contributed by atoms with Gasteiger partial charge in [0.2, 0.25) is 5.56 Å². The Morgan fingerprint density at radius 3 is 2.82 bits per heavy atom. The average molecular weight is 475 g/mol. The smallest absolute Gasteiger partial charge is 0.248 e. The van der Waals surface area contributed by atoms with E-state index >= 15 is 0 Å². The molecule has 1 aromatic carbocycles. The number of thioether (sulfide) groups is 1. The van der Waals surface area contributed by atoms with Crippen LogP contribution in [0.2, 0.25) is 0 Å². The Balaban J connectivity index is 1.09. The Bertz CT molecular complexity index is 1070. The summed E-state index contributed by atoms with van der Waals surface area (Å²) in [5.74, 6) is 1.23. The Morgan fingerprint density at radius 2 is 2.03 bits per heavy atom. The highest BCUT2D eigenvalue weighted by atomic mass is 32.2.